The molecule has 2 rings (SSSR count). The number of methoxy groups -OCH3 is 1. The molecule has 0 aliphatic heterocycles. The second kappa shape index (κ2) is 5.80. The summed E-state index contributed by atoms with van der Waals surface area (Å²) in [5, 5.41) is 4.26. The van der Waals surface area contributed by atoms with Crippen LogP contribution in [0.5, 0.6) is 0 Å². The predicted molar refractivity (Wildman–Crippen MR) is 72.7 cm³/mol. The second-order valence-corrected chi connectivity index (χ2v) is 4.39. The molecular weight excluding hydrogens is 228 g/mol. The van der Waals surface area contributed by atoms with Crippen LogP contribution in [0.25, 0.3) is 10.9 Å². The number of fused-ring (bicyclic) bond motifs is 1. The van der Waals surface area contributed by atoms with Crippen LogP contribution in [0.3, 0.4) is 0 Å². The monoisotopic (exact) mass is 246 g/mol. The highest BCUT2D eigenvalue weighted by Gasteiger charge is 2.03. The highest BCUT2D eigenvalue weighted by atomic mass is 16.5. The first-order valence-electron chi connectivity index (χ1n) is 6.05. The van der Waals surface area contributed by atoms with Crippen LogP contribution in [0, 0.1) is 0 Å². The molecule has 0 aliphatic carbocycles. The molecule has 0 amide bonds. The van der Waals surface area contributed by atoms with Gasteiger partial charge in [-0.3, -0.25) is 4.79 Å². The number of aromatic amines is 1. The van der Waals surface area contributed by atoms with Gasteiger partial charge in [-0.15, -0.1) is 0 Å². The molecule has 2 N–H and O–H groups in total. The average molecular weight is 246 g/mol. The first-order chi connectivity index (χ1) is 8.70. The Kier molecular flexibility index (Phi) is 4.12. The smallest absolute Gasteiger partial charge is 0.252 e. The van der Waals surface area contributed by atoms with E-state index in [1.807, 2.05) is 37.3 Å². The Bertz CT molecular complexity index is 577. The van der Waals surface area contributed by atoms with Crippen molar-refractivity contribution in [2.24, 2.45) is 0 Å². The Morgan fingerprint density at radius 2 is 2.17 bits per heavy atom. The van der Waals surface area contributed by atoms with Crippen LogP contribution in [-0.4, -0.2) is 24.7 Å². The third kappa shape index (κ3) is 2.97. The van der Waals surface area contributed by atoms with Gasteiger partial charge in [0.25, 0.3) is 5.56 Å². The molecule has 2 aromatic rings. The summed E-state index contributed by atoms with van der Waals surface area (Å²) >= 11 is 0. The van der Waals surface area contributed by atoms with Crippen LogP contribution < -0.4 is 10.9 Å². The lowest BCUT2D eigenvalue weighted by Gasteiger charge is -2.10. The molecule has 18 heavy (non-hydrogen) atoms. The molecule has 0 saturated heterocycles. The zero-order valence-electron chi connectivity index (χ0n) is 10.7. The predicted octanol–water partition coefficient (Wildman–Crippen LogP) is 1.65. The summed E-state index contributed by atoms with van der Waals surface area (Å²) in [6.45, 7) is 3.26. The molecule has 0 aliphatic rings. The molecule has 0 saturated carbocycles. The number of ether oxygens (including phenoxy) is 1. The summed E-state index contributed by atoms with van der Waals surface area (Å²) in [6.07, 6.45) is 0.143. The van der Waals surface area contributed by atoms with Crippen LogP contribution in [-0.2, 0) is 11.3 Å². The topological polar surface area (TPSA) is 54.1 Å². The van der Waals surface area contributed by atoms with Crippen molar-refractivity contribution in [3.05, 3.63) is 46.2 Å². The number of nitrogens with one attached hydrogen (secondary N) is 2. The molecule has 4 heteroatoms. The molecule has 1 aromatic carbocycles. The van der Waals surface area contributed by atoms with Crippen molar-refractivity contribution in [3.63, 3.8) is 0 Å². The lowest BCUT2D eigenvalue weighted by Crippen LogP contribution is -2.28. The maximum Gasteiger partial charge on any atom is 0.252 e. The van der Waals surface area contributed by atoms with Gasteiger partial charge in [0.2, 0.25) is 0 Å². The van der Waals surface area contributed by atoms with Crippen molar-refractivity contribution < 1.29 is 4.74 Å². The minimum atomic E-state index is -0.0359. The molecule has 1 heterocycles. The third-order valence-corrected chi connectivity index (χ3v) is 2.98. The van der Waals surface area contributed by atoms with Crippen LogP contribution in [0.4, 0.5) is 0 Å². The van der Waals surface area contributed by atoms with Gasteiger partial charge in [0.05, 0.1) is 6.10 Å². The molecule has 1 atom stereocenters. The zero-order chi connectivity index (χ0) is 13.0. The number of hydrogen-bond donors (Lipinski definition) is 2. The van der Waals surface area contributed by atoms with Gasteiger partial charge in [0.1, 0.15) is 0 Å². The summed E-state index contributed by atoms with van der Waals surface area (Å²) < 4.78 is 5.14. The van der Waals surface area contributed by atoms with Crippen LogP contribution in [0.1, 0.15) is 12.5 Å². The summed E-state index contributed by atoms with van der Waals surface area (Å²) in [7, 11) is 1.68. The highest BCUT2D eigenvalue weighted by molar-refractivity contribution is 5.78. The third-order valence-electron chi connectivity index (χ3n) is 2.98. The highest BCUT2D eigenvalue weighted by Crippen LogP contribution is 2.09. The van der Waals surface area contributed by atoms with Gasteiger partial charge < -0.3 is 15.0 Å². The molecule has 0 spiro atoms. The van der Waals surface area contributed by atoms with E-state index in [1.54, 1.807) is 7.11 Å². The van der Waals surface area contributed by atoms with E-state index < -0.39 is 0 Å². The number of pyridine rings is 1. The van der Waals surface area contributed by atoms with Gasteiger partial charge in [0.15, 0.2) is 0 Å². The maximum absolute atomic E-state index is 11.9. The Morgan fingerprint density at radius 3 is 2.94 bits per heavy atom. The number of hydrogen-bond acceptors (Lipinski definition) is 3. The first kappa shape index (κ1) is 12.8. The molecule has 1 unspecified atom stereocenters. The fraction of sp³-hybridized carbons (Fsp3) is 0.357. The van der Waals surface area contributed by atoms with Crippen molar-refractivity contribution >= 4 is 10.9 Å². The van der Waals surface area contributed by atoms with E-state index in [2.05, 4.69) is 10.3 Å². The van der Waals surface area contributed by atoms with Gasteiger partial charge in [-0.05, 0) is 24.4 Å². The molecule has 0 fully saturated rings. The maximum atomic E-state index is 11.9. The Labute approximate surface area is 106 Å². The van der Waals surface area contributed by atoms with Gasteiger partial charge in [-0.25, -0.2) is 0 Å². The Morgan fingerprint density at radius 1 is 1.39 bits per heavy atom. The van der Waals surface area contributed by atoms with Crippen molar-refractivity contribution in [1.29, 1.82) is 0 Å². The fourth-order valence-electron chi connectivity index (χ4n) is 1.82. The van der Waals surface area contributed by atoms with Gasteiger partial charge in [-0.2, -0.15) is 0 Å². The van der Waals surface area contributed by atoms with Crippen LogP contribution in [0.2, 0.25) is 0 Å². The van der Waals surface area contributed by atoms with Crippen molar-refractivity contribution in [3.8, 4) is 0 Å². The van der Waals surface area contributed by atoms with Crippen molar-refractivity contribution in [2.75, 3.05) is 13.7 Å². The lowest BCUT2D eigenvalue weighted by atomic mass is 10.1. The molecule has 1 aromatic heterocycles. The van der Waals surface area contributed by atoms with E-state index in [0.717, 1.165) is 23.0 Å². The van der Waals surface area contributed by atoms with Crippen molar-refractivity contribution in [1.82, 2.24) is 10.3 Å². The number of rotatable bonds is 5. The Balaban J connectivity index is 2.13. The van der Waals surface area contributed by atoms with Crippen molar-refractivity contribution in [2.45, 2.75) is 19.6 Å². The number of aromatic nitrogens is 1. The second-order valence-electron chi connectivity index (χ2n) is 4.39. The van der Waals surface area contributed by atoms with Gasteiger partial charge in [0, 0.05) is 31.3 Å². The first-order valence-corrected chi connectivity index (χ1v) is 6.05. The lowest BCUT2D eigenvalue weighted by molar-refractivity contribution is 0.117. The standard InChI is InChI=1S/C14H18N2O2/c1-10(18-2)8-15-9-12-7-11-5-3-4-6-13(11)16-14(12)17/h3-7,10,15H,8-9H2,1-2H3,(H,16,17). The molecule has 4 nitrogen and oxygen atoms in total. The number of para-hydroxylation sites is 1. The summed E-state index contributed by atoms with van der Waals surface area (Å²) in [5.74, 6) is 0. The molecule has 0 radical (unpaired) electrons. The minimum absolute atomic E-state index is 0.0359. The summed E-state index contributed by atoms with van der Waals surface area (Å²) in [4.78, 5) is 14.7. The van der Waals surface area contributed by atoms with E-state index in [4.69, 9.17) is 4.74 Å². The van der Waals surface area contributed by atoms with Crippen LogP contribution >= 0.6 is 0 Å². The molecule has 0 bridgehead atoms. The van der Waals surface area contributed by atoms with Gasteiger partial charge >= 0.3 is 0 Å². The van der Waals surface area contributed by atoms with Gasteiger partial charge in [-0.1, -0.05) is 18.2 Å². The van der Waals surface area contributed by atoms with E-state index in [0.29, 0.717) is 6.54 Å². The van der Waals surface area contributed by atoms with Crippen LogP contribution in [0.15, 0.2) is 35.1 Å². The molecule has 96 valence electrons. The zero-order valence-corrected chi connectivity index (χ0v) is 10.7. The SMILES string of the molecule is COC(C)CNCc1cc2ccccc2[nH]c1=O. The number of H-pyrrole nitrogens is 1. The van der Waals surface area contributed by atoms with E-state index in [1.165, 1.54) is 0 Å². The quantitative estimate of drug-likeness (QED) is 0.843. The number of benzene rings is 1. The average Bonchev–Trinajstić information content (AvgIpc) is 2.39. The summed E-state index contributed by atoms with van der Waals surface area (Å²) in [6, 6.07) is 9.70. The fourth-order valence-corrected chi connectivity index (χ4v) is 1.82. The normalized spacial score (nSPS) is 12.8. The molecular formula is C14H18N2O2. The van der Waals surface area contributed by atoms with E-state index in [-0.39, 0.29) is 11.7 Å². The minimum Gasteiger partial charge on any atom is -0.380 e. The summed E-state index contributed by atoms with van der Waals surface area (Å²) in [5.41, 5.74) is 1.58. The van der Waals surface area contributed by atoms with E-state index >= 15 is 0 Å². The van der Waals surface area contributed by atoms with E-state index in [9.17, 15) is 4.79 Å². The Hall–Kier alpha value is -1.65. The largest absolute Gasteiger partial charge is 0.380 e.